The molecule has 0 bridgehead atoms. The van der Waals surface area contributed by atoms with Gasteiger partial charge in [-0.2, -0.15) is 0 Å². The van der Waals surface area contributed by atoms with Gasteiger partial charge in [0.05, 0.1) is 5.92 Å². The van der Waals surface area contributed by atoms with Gasteiger partial charge in [-0.3, -0.25) is 4.79 Å². The second kappa shape index (κ2) is 5.06. The van der Waals surface area contributed by atoms with Crippen molar-refractivity contribution in [2.24, 2.45) is 0 Å². The zero-order valence-electron chi connectivity index (χ0n) is 10.4. The van der Waals surface area contributed by atoms with Crippen molar-refractivity contribution in [1.82, 2.24) is 5.32 Å². The second-order valence-corrected chi connectivity index (χ2v) is 5.20. The van der Waals surface area contributed by atoms with Gasteiger partial charge >= 0.3 is 0 Å². The van der Waals surface area contributed by atoms with Gasteiger partial charge in [0, 0.05) is 11.6 Å². The highest BCUT2D eigenvalue weighted by molar-refractivity contribution is 6.30. The number of nitrogens with one attached hydrogen (secondary N) is 1. The normalized spacial score (nSPS) is 18.4. The van der Waals surface area contributed by atoms with E-state index >= 15 is 0 Å². The average Bonchev–Trinajstić information content (AvgIpc) is 2.86. The second-order valence-electron chi connectivity index (χ2n) is 4.76. The van der Waals surface area contributed by atoms with Gasteiger partial charge in [-0.05, 0) is 35.2 Å². The molecular formula is C16H14ClNO. The molecule has 19 heavy (non-hydrogen) atoms. The molecule has 1 saturated heterocycles. The lowest BCUT2D eigenvalue weighted by molar-refractivity contribution is -0.120. The Morgan fingerprint density at radius 2 is 1.53 bits per heavy atom. The molecule has 1 N–H and O–H groups in total. The first-order chi connectivity index (χ1) is 9.24. The van der Waals surface area contributed by atoms with Crippen molar-refractivity contribution in [3.8, 4) is 11.1 Å². The van der Waals surface area contributed by atoms with Crippen LogP contribution in [-0.2, 0) is 4.79 Å². The number of hydrogen-bond acceptors (Lipinski definition) is 1. The van der Waals surface area contributed by atoms with Crippen LogP contribution < -0.4 is 5.32 Å². The van der Waals surface area contributed by atoms with Crippen LogP contribution in [0.5, 0.6) is 0 Å². The van der Waals surface area contributed by atoms with Crippen LogP contribution in [-0.4, -0.2) is 12.5 Å². The van der Waals surface area contributed by atoms with E-state index in [-0.39, 0.29) is 11.8 Å². The molecule has 2 aromatic rings. The van der Waals surface area contributed by atoms with Crippen LogP contribution in [0.1, 0.15) is 17.9 Å². The maximum atomic E-state index is 11.6. The van der Waals surface area contributed by atoms with Gasteiger partial charge in [-0.25, -0.2) is 0 Å². The fourth-order valence-corrected chi connectivity index (χ4v) is 2.59. The third-order valence-corrected chi connectivity index (χ3v) is 3.79. The molecule has 1 amide bonds. The molecule has 1 heterocycles. The van der Waals surface area contributed by atoms with E-state index in [9.17, 15) is 4.79 Å². The Kier molecular flexibility index (Phi) is 3.26. The van der Waals surface area contributed by atoms with Crippen molar-refractivity contribution >= 4 is 17.5 Å². The molecule has 0 aliphatic carbocycles. The summed E-state index contributed by atoms with van der Waals surface area (Å²) in [4.78, 5) is 11.6. The summed E-state index contributed by atoms with van der Waals surface area (Å²) in [7, 11) is 0. The number of rotatable bonds is 2. The van der Waals surface area contributed by atoms with Crippen molar-refractivity contribution in [3.63, 3.8) is 0 Å². The van der Waals surface area contributed by atoms with Crippen molar-refractivity contribution in [3.05, 3.63) is 59.1 Å². The van der Waals surface area contributed by atoms with Gasteiger partial charge in [0.2, 0.25) is 5.91 Å². The maximum absolute atomic E-state index is 11.6. The summed E-state index contributed by atoms with van der Waals surface area (Å²) in [5.74, 6) is 0.151. The van der Waals surface area contributed by atoms with E-state index in [0.717, 1.165) is 34.7 Å². The number of halogens is 1. The predicted molar refractivity (Wildman–Crippen MR) is 77.3 cm³/mol. The molecule has 0 radical (unpaired) electrons. The summed E-state index contributed by atoms with van der Waals surface area (Å²) in [6.45, 7) is 0.780. The summed E-state index contributed by atoms with van der Waals surface area (Å²) in [6.07, 6.45) is 0.888. The third-order valence-electron chi connectivity index (χ3n) is 3.54. The van der Waals surface area contributed by atoms with E-state index in [1.54, 1.807) is 0 Å². The maximum Gasteiger partial charge on any atom is 0.227 e. The molecule has 0 spiro atoms. The van der Waals surface area contributed by atoms with Crippen LogP contribution in [0.2, 0.25) is 5.02 Å². The first-order valence-corrected chi connectivity index (χ1v) is 6.75. The summed E-state index contributed by atoms with van der Waals surface area (Å²) >= 11 is 5.88. The highest BCUT2D eigenvalue weighted by atomic mass is 35.5. The van der Waals surface area contributed by atoms with E-state index in [2.05, 4.69) is 17.4 Å². The Bertz CT molecular complexity index is 589. The van der Waals surface area contributed by atoms with Gasteiger partial charge in [0.25, 0.3) is 0 Å². The minimum Gasteiger partial charge on any atom is -0.356 e. The van der Waals surface area contributed by atoms with E-state index in [4.69, 9.17) is 11.6 Å². The molecule has 1 unspecified atom stereocenters. The quantitative estimate of drug-likeness (QED) is 0.888. The Morgan fingerprint density at radius 1 is 0.947 bits per heavy atom. The lowest BCUT2D eigenvalue weighted by Gasteiger charge is -2.08. The van der Waals surface area contributed by atoms with E-state index in [1.165, 1.54) is 0 Å². The zero-order chi connectivity index (χ0) is 13.2. The number of benzene rings is 2. The molecule has 1 fully saturated rings. The highest BCUT2D eigenvalue weighted by Gasteiger charge is 2.25. The Hall–Kier alpha value is -1.80. The van der Waals surface area contributed by atoms with Crippen molar-refractivity contribution < 1.29 is 4.79 Å². The fourth-order valence-electron chi connectivity index (χ4n) is 2.46. The van der Waals surface area contributed by atoms with Crippen LogP contribution in [0.25, 0.3) is 11.1 Å². The van der Waals surface area contributed by atoms with Gasteiger partial charge in [0.1, 0.15) is 0 Å². The molecule has 1 atom stereocenters. The van der Waals surface area contributed by atoms with Crippen LogP contribution >= 0.6 is 11.6 Å². The molecular weight excluding hydrogens is 258 g/mol. The first-order valence-electron chi connectivity index (χ1n) is 6.37. The van der Waals surface area contributed by atoms with Crippen LogP contribution in [0, 0.1) is 0 Å². The predicted octanol–water partition coefficient (Wildman–Crippen LogP) is 3.61. The minimum atomic E-state index is 0.0132. The molecule has 1 aliphatic rings. The van der Waals surface area contributed by atoms with Crippen molar-refractivity contribution in [2.45, 2.75) is 12.3 Å². The average molecular weight is 272 g/mol. The molecule has 0 saturated carbocycles. The monoisotopic (exact) mass is 271 g/mol. The molecule has 2 nitrogen and oxygen atoms in total. The number of amides is 1. The van der Waals surface area contributed by atoms with Crippen LogP contribution in [0.4, 0.5) is 0 Å². The van der Waals surface area contributed by atoms with Gasteiger partial charge in [-0.1, -0.05) is 48.0 Å². The van der Waals surface area contributed by atoms with Crippen LogP contribution in [0.15, 0.2) is 48.5 Å². The summed E-state index contributed by atoms with van der Waals surface area (Å²) < 4.78 is 0. The van der Waals surface area contributed by atoms with Gasteiger partial charge in [-0.15, -0.1) is 0 Å². The topological polar surface area (TPSA) is 29.1 Å². The molecule has 3 rings (SSSR count). The smallest absolute Gasteiger partial charge is 0.227 e. The summed E-state index contributed by atoms with van der Waals surface area (Å²) in [5.41, 5.74) is 3.36. The largest absolute Gasteiger partial charge is 0.356 e. The molecule has 3 heteroatoms. The highest BCUT2D eigenvalue weighted by Crippen LogP contribution is 2.27. The summed E-state index contributed by atoms with van der Waals surface area (Å²) in [5, 5.41) is 3.61. The minimum absolute atomic E-state index is 0.0132. The standard InChI is InChI=1S/C16H14ClNO/c17-14-7-5-12(6-8-14)11-1-3-13(4-2-11)15-9-10-18-16(15)19/h1-8,15H,9-10H2,(H,18,19). The van der Waals surface area contributed by atoms with Gasteiger partial charge < -0.3 is 5.32 Å². The number of hydrogen-bond donors (Lipinski definition) is 1. The van der Waals surface area contributed by atoms with E-state index in [1.807, 2.05) is 36.4 Å². The molecule has 1 aliphatic heterocycles. The lowest BCUT2D eigenvalue weighted by atomic mass is 9.95. The van der Waals surface area contributed by atoms with Crippen molar-refractivity contribution in [1.29, 1.82) is 0 Å². The third kappa shape index (κ3) is 2.49. The fraction of sp³-hybridized carbons (Fsp3) is 0.188. The molecule has 2 aromatic carbocycles. The Balaban J connectivity index is 1.86. The Labute approximate surface area is 117 Å². The SMILES string of the molecule is O=C1NCCC1c1ccc(-c2ccc(Cl)cc2)cc1. The first kappa shape index (κ1) is 12.2. The summed E-state index contributed by atoms with van der Waals surface area (Å²) in [6, 6.07) is 16.0. The molecule has 0 aromatic heterocycles. The molecule has 96 valence electrons. The van der Waals surface area contributed by atoms with E-state index < -0.39 is 0 Å². The number of carbonyl (C=O) groups is 1. The van der Waals surface area contributed by atoms with Gasteiger partial charge in [0.15, 0.2) is 0 Å². The van der Waals surface area contributed by atoms with E-state index in [0.29, 0.717) is 0 Å². The lowest BCUT2D eigenvalue weighted by Crippen LogP contribution is -2.17. The zero-order valence-corrected chi connectivity index (χ0v) is 11.2. The van der Waals surface area contributed by atoms with Crippen LogP contribution in [0.3, 0.4) is 0 Å². The number of carbonyl (C=O) groups excluding carboxylic acids is 1. The Morgan fingerprint density at radius 3 is 2.05 bits per heavy atom. The van der Waals surface area contributed by atoms with Crippen molar-refractivity contribution in [2.75, 3.05) is 6.54 Å².